The zero-order valence-electron chi connectivity index (χ0n) is 12.2. The number of hydrogen-bond acceptors (Lipinski definition) is 2. The smallest absolute Gasteiger partial charge is 0.272 e. The zero-order valence-corrected chi connectivity index (χ0v) is 13.0. The molecule has 1 amide bonds. The van der Waals surface area contributed by atoms with Crippen molar-refractivity contribution in [1.29, 1.82) is 0 Å². The van der Waals surface area contributed by atoms with E-state index in [1.165, 1.54) is 28.5 Å². The minimum Gasteiger partial charge on any atom is -0.319 e. The maximum Gasteiger partial charge on any atom is 0.272 e. The highest BCUT2D eigenvalue weighted by molar-refractivity contribution is 7.07. The van der Waals surface area contributed by atoms with Gasteiger partial charge in [-0.05, 0) is 19.4 Å². The average Bonchev–Trinajstić information content (AvgIpc) is 2.89. The summed E-state index contributed by atoms with van der Waals surface area (Å²) < 4.78 is 1.98. The zero-order chi connectivity index (χ0) is 15.1. The number of hydrogen-bond donors (Lipinski definition) is 0. The number of carbonyl (C=O) groups excluding carboxylic acids is 1. The first kappa shape index (κ1) is 15.2. The summed E-state index contributed by atoms with van der Waals surface area (Å²) in [6.45, 7) is 4.69. The standard InChI is InChI=1S/C17H18N2OS/c1-3-4-5-6-16(20)18-17-19(11-12-21-17)13-15-9-7-14(2)8-10-15/h3-12H,13H2,1-2H3/b4-3+,6-5+,18-17?. The Morgan fingerprint density at radius 2 is 2.05 bits per heavy atom. The monoisotopic (exact) mass is 298 g/mol. The topological polar surface area (TPSA) is 34.4 Å². The molecule has 0 saturated carbocycles. The Labute approximate surface area is 128 Å². The van der Waals surface area contributed by atoms with Crippen LogP contribution in [0.1, 0.15) is 18.1 Å². The van der Waals surface area contributed by atoms with Crippen LogP contribution in [0.3, 0.4) is 0 Å². The Kier molecular flexibility index (Phi) is 5.46. The van der Waals surface area contributed by atoms with Crippen molar-refractivity contribution in [2.75, 3.05) is 0 Å². The predicted octanol–water partition coefficient (Wildman–Crippen LogP) is 3.47. The van der Waals surface area contributed by atoms with Crippen LogP contribution in [-0.4, -0.2) is 10.5 Å². The highest BCUT2D eigenvalue weighted by atomic mass is 32.1. The van der Waals surface area contributed by atoms with Gasteiger partial charge in [0.25, 0.3) is 5.91 Å². The lowest BCUT2D eigenvalue weighted by molar-refractivity contribution is -0.113. The van der Waals surface area contributed by atoms with E-state index in [0.717, 1.165) is 0 Å². The van der Waals surface area contributed by atoms with Gasteiger partial charge in [0.1, 0.15) is 0 Å². The lowest BCUT2D eigenvalue weighted by Crippen LogP contribution is -2.16. The van der Waals surface area contributed by atoms with Gasteiger partial charge in [-0.25, -0.2) is 0 Å². The van der Waals surface area contributed by atoms with Crippen molar-refractivity contribution >= 4 is 17.2 Å². The van der Waals surface area contributed by atoms with E-state index in [4.69, 9.17) is 0 Å². The molecular weight excluding hydrogens is 280 g/mol. The molecule has 108 valence electrons. The first-order valence-corrected chi connectivity index (χ1v) is 7.64. The van der Waals surface area contributed by atoms with Gasteiger partial charge in [0.2, 0.25) is 0 Å². The van der Waals surface area contributed by atoms with Crippen molar-refractivity contribution < 1.29 is 4.79 Å². The molecule has 1 heterocycles. The van der Waals surface area contributed by atoms with E-state index in [1.807, 2.05) is 35.2 Å². The molecule has 0 saturated heterocycles. The summed E-state index contributed by atoms with van der Waals surface area (Å²) in [7, 11) is 0. The third-order valence-electron chi connectivity index (χ3n) is 2.88. The summed E-state index contributed by atoms with van der Waals surface area (Å²) in [6.07, 6.45) is 8.79. The molecule has 0 aliphatic heterocycles. The molecule has 21 heavy (non-hydrogen) atoms. The Hall–Kier alpha value is -2.20. The molecule has 3 nitrogen and oxygen atoms in total. The Bertz CT molecular complexity index is 718. The quantitative estimate of drug-likeness (QED) is 0.628. The molecule has 0 bridgehead atoms. The Morgan fingerprint density at radius 3 is 2.76 bits per heavy atom. The number of amides is 1. The fourth-order valence-corrected chi connectivity index (χ4v) is 2.51. The number of carbonyl (C=O) groups is 1. The molecule has 2 rings (SSSR count). The summed E-state index contributed by atoms with van der Waals surface area (Å²) >= 11 is 1.46. The van der Waals surface area contributed by atoms with Gasteiger partial charge < -0.3 is 4.57 Å². The van der Waals surface area contributed by atoms with Crippen LogP contribution in [0.2, 0.25) is 0 Å². The van der Waals surface area contributed by atoms with Gasteiger partial charge in [0, 0.05) is 24.2 Å². The normalized spacial score (nSPS) is 12.6. The minimum atomic E-state index is -0.242. The maximum absolute atomic E-state index is 11.7. The van der Waals surface area contributed by atoms with Crippen LogP contribution in [-0.2, 0) is 11.3 Å². The highest BCUT2D eigenvalue weighted by Crippen LogP contribution is 2.05. The van der Waals surface area contributed by atoms with Crippen LogP contribution < -0.4 is 4.80 Å². The highest BCUT2D eigenvalue weighted by Gasteiger charge is 1.99. The summed E-state index contributed by atoms with van der Waals surface area (Å²) in [5.74, 6) is -0.242. The molecule has 0 spiro atoms. The van der Waals surface area contributed by atoms with Crippen molar-refractivity contribution in [3.63, 3.8) is 0 Å². The van der Waals surface area contributed by atoms with Gasteiger partial charge in [-0.3, -0.25) is 4.79 Å². The van der Waals surface area contributed by atoms with Crippen LogP contribution in [0.25, 0.3) is 0 Å². The van der Waals surface area contributed by atoms with Gasteiger partial charge in [0.15, 0.2) is 4.80 Å². The van der Waals surface area contributed by atoms with Gasteiger partial charge in [-0.15, -0.1) is 11.3 Å². The molecule has 0 atom stereocenters. The van der Waals surface area contributed by atoms with Crippen molar-refractivity contribution in [3.05, 3.63) is 76.1 Å². The van der Waals surface area contributed by atoms with E-state index in [9.17, 15) is 4.79 Å². The van der Waals surface area contributed by atoms with Crippen molar-refractivity contribution in [2.24, 2.45) is 4.99 Å². The molecule has 2 aromatic rings. The molecule has 1 aromatic carbocycles. The second kappa shape index (κ2) is 7.55. The summed E-state index contributed by atoms with van der Waals surface area (Å²) in [5, 5.41) is 1.94. The van der Waals surface area contributed by atoms with Crippen LogP contribution in [0, 0.1) is 6.92 Å². The number of aryl methyl sites for hydroxylation is 1. The fourth-order valence-electron chi connectivity index (χ4n) is 1.78. The second-order valence-corrected chi connectivity index (χ2v) is 5.51. The van der Waals surface area contributed by atoms with Crippen LogP contribution in [0.5, 0.6) is 0 Å². The minimum absolute atomic E-state index is 0.242. The first-order valence-electron chi connectivity index (χ1n) is 6.76. The van der Waals surface area contributed by atoms with Crippen molar-refractivity contribution in [1.82, 2.24) is 4.57 Å². The van der Waals surface area contributed by atoms with E-state index in [2.05, 4.69) is 36.2 Å². The largest absolute Gasteiger partial charge is 0.319 e. The van der Waals surface area contributed by atoms with E-state index < -0.39 is 0 Å². The molecule has 0 radical (unpaired) electrons. The molecule has 4 heteroatoms. The van der Waals surface area contributed by atoms with Crippen LogP contribution in [0.4, 0.5) is 0 Å². The van der Waals surface area contributed by atoms with Gasteiger partial charge in [-0.2, -0.15) is 4.99 Å². The number of rotatable bonds is 4. The number of nitrogens with zero attached hydrogens (tertiary/aromatic N) is 2. The average molecular weight is 298 g/mol. The van der Waals surface area contributed by atoms with Gasteiger partial charge in [-0.1, -0.05) is 48.1 Å². The molecule has 1 aromatic heterocycles. The molecule has 0 aliphatic rings. The third kappa shape index (κ3) is 4.68. The molecule has 0 N–H and O–H groups in total. The third-order valence-corrected chi connectivity index (χ3v) is 3.68. The molecule has 0 fully saturated rings. The number of allylic oxidation sites excluding steroid dienone is 3. The van der Waals surface area contributed by atoms with E-state index in [-0.39, 0.29) is 5.91 Å². The van der Waals surface area contributed by atoms with E-state index in [0.29, 0.717) is 11.3 Å². The maximum atomic E-state index is 11.7. The lowest BCUT2D eigenvalue weighted by atomic mass is 10.1. The van der Waals surface area contributed by atoms with Crippen molar-refractivity contribution in [2.45, 2.75) is 20.4 Å². The number of thiazole rings is 1. The predicted molar refractivity (Wildman–Crippen MR) is 87.1 cm³/mol. The molecular formula is C17H18N2OS. The Morgan fingerprint density at radius 1 is 1.29 bits per heavy atom. The summed E-state index contributed by atoms with van der Waals surface area (Å²) in [6, 6.07) is 8.36. The first-order chi connectivity index (χ1) is 10.2. The Balaban J connectivity index is 2.18. The summed E-state index contributed by atoms with van der Waals surface area (Å²) in [4.78, 5) is 16.6. The van der Waals surface area contributed by atoms with Gasteiger partial charge in [0.05, 0.1) is 0 Å². The van der Waals surface area contributed by atoms with Crippen LogP contribution in [0.15, 0.2) is 65.1 Å². The molecule has 0 unspecified atom stereocenters. The van der Waals surface area contributed by atoms with Crippen LogP contribution >= 0.6 is 11.3 Å². The van der Waals surface area contributed by atoms with Gasteiger partial charge >= 0.3 is 0 Å². The number of aromatic nitrogens is 1. The van der Waals surface area contributed by atoms with Crippen molar-refractivity contribution in [3.8, 4) is 0 Å². The van der Waals surface area contributed by atoms with E-state index in [1.54, 1.807) is 6.08 Å². The fraction of sp³-hybridized carbons (Fsp3) is 0.176. The SMILES string of the molecule is C/C=C/C=C/C(=O)N=c1sccn1Cc1ccc(C)cc1. The summed E-state index contributed by atoms with van der Waals surface area (Å²) in [5.41, 5.74) is 2.43. The lowest BCUT2D eigenvalue weighted by Gasteiger charge is -2.03. The van der Waals surface area contributed by atoms with E-state index >= 15 is 0 Å². The second-order valence-electron chi connectivity index (χ2n) is 4.63. The molecule has 0 aliphatic carbocycles. The number of benzene rings is 1.